The van der Waals surface area contributed by atoms with Crippen LogP contribution in [0.25, 0.3) is 0 Å². The van der Waals surface area contributed by atoms with Gasteiger partial charge >= 0.3 is 0 Å². The first-order valence-corrected chi connectivity index (χ1v) is 3.10. The van der Waals surface area contributed by atoms with Crippen LogP contribution < -0.4 is 0 Å². The molecule has 1 aromatic rings. The van der Waals surface area contributed by atoms with Crippen LogP contribution in [-0.4, -0.2) is 24.0 Å². The van der Waals surface area contributed by atoms with Crippen molar-refractivity contribution in [2.75, 3.05) is 0 Å². The fourth-order valence-electron chi connectivity index (χ4n) is 0.489. The van der Waals surface area contributed by atoms with Crippen molar-refractivity contribution >= 4 is 42.1 Å². The predicted molar refractivity (Wildman–Crippen MR) is 43.9 cm³/mol. The molecule has 0 saturated heterocycles. The van der Waals surface area contributed by atoms with Crippen molar-refractivity contribution in [3.8, 4) is 5.75 Å². The summed E-state index contributed by atoms with van der Waals surface area (Å²) >= 11 is 11.0. The third-order valence-corrected chi connectivity index (χ3v) is 1.55. The van der Waals surface area contributed by atoms with E-state index < -0.39 is 0 Å². The molecule has 1 aromatic carbocycles. The zero-order valence-electron chi connectivity index (χ0n) is 5.44. The molecule has 0 aliphatic carbocycles. The summed E-state index contributed by atoms with van der Waals surface area (Å²) in [7, 11) is 0. The summed E-state index contributed by atoms with van der Waals surface area (Å²) in [6.07, 6.45) is 0. The smallest absolute Gasteiger partial charge is 0.152 e. The fraction of sp³-hybridized carbons (Fsp3) is 0. The minimum absolute atomic E-state index is 0. The maximum atomic E-state index is 8.94. The summed E-state index contributed by atoms with van der Waals surface area (Å²) in [6.45, 7) is 0. The predicted octanol–water partition coefficient (Wildman–Crippen LogP) is 2.32. The summed E-state index contributed by atoms with van der Waals surface area (Å²) in [6, 6.07) is 4.82. The SMILES string of the molecule is Oc1c(Cl)cccc1Cl.[Li]. The van der Waals surface area contributed by atoms with Gasteiger partial charge < -0.3 is 5.11 Å². The number of phenols is 1. The molecule has 0 spiro atoms. The molecule has 0 saturated carbocycles. The van der Waals surface area contributed by atoms with Gasteiger partial charge in [-0.3, -0.25) is 0 Å². The van der Waals surface area contributed by atoms with E-state index >= 15 is 0 Å². The van der Waals surface area contributed by atoms with Crippen LogP contribution in [0, 0.1) is 0 Å². The normalized spacial score (nSPS) is 8.60. The molecule has 0 heterocycles. The summed E-state index contributed by atoms with van der Waals surface area (Å²) in [5.41, 5.74) is 0. The molecule has 4 heteroatoms. The molecule has 10 heavy (non-hydrogen) atoms. The number of hydrogen-bond donors (Lipinski definition) is 1. The van der Waals surface area contributed by atoms with Gasteiger partial charge in [0.25, 0.3) is 0 Å². The number of hydrogen-bond acceptors (Lipinski definition) is 1. The van der Waals surface area contributed by atoms with Crippen molar-refractivity contribution in [2.45, 2.75) is 0 Å². The van der Waals surface area contributed by atoms with Crippen LogP contribution in [0.3, 0.4) is 0 Å². The van der Waals surface area contributed by atoms with Crippen LogP contribution in [-0.2, 0) is 0 Å². The molecular weight excluding hydrogens is 166 g/mol. The molecular formula is C6H4Cl2LiO. The van der Waals surface area contributed by atoms with E-state index in [-0.39, 0.29) is 34.7 Å². The Morgan fingerprint density at radius 2 is 1.50 bits per heavy atom. The number of para-hydroxylation sites is 1. The first-order chi connectivity index (χ1) is 4.22. The number of rotatable bonds is 0. The van der Waals surface area contributed by atoms with Crippen LogP contribution in [0.2, 0.25) is 10.0 Å². The second-order valence-corrected chi connectivity index (χ2v) is 2.38. The maximum Gasteiger partial charge on any atom is 0.152 e. The van der Waals surface area contributed by atoms with E-state index in [9.17, 15) is 0 Å². The quantitative estimate of drug-likeness (QED) is 0.592. The van der Waals surface area contributed by atoms with Crippen LogP contribution in [0.5, 0.6) is 5.75 Å². The van der Waals surface area contributed by atoms with Crippen molar-refractivity contribution in [1.29, 1.82) is 0 Å². The summed E-state index contributed by atoms with van der Waals surface area (Å²) < 4.78 is 0. The molecule has 49 valence electrons. The second kappa shape index (κ2) is 4.15. The molecule has 1 nitrogen and oxygen atoms in total. The van der Waals surface area contributed by atoms with Crippen molar-refractivity contribution in [3.63, 3.8) is 0 Å². The topological polar surface area (TPSA) is 20.2 Å². The fourth-order valence-corrected chi connectivity index (χ4v) is 0.886. The number of aromatic hydroxyl groups is 1. The minimum atomic E-state index is -0.0548. The Morgan fingerprint density at radius 1 is 1.10 bits per heavy atom. The largest absolute Gasteiger partial charge is 0.505 e. The van der Waals surface area contributed by atoms with Crippen molar-refractivity contribution in [2.24, 2.45) is 0 Å². The number of phenolic OH excluding ortho intramolecular Hbond substituents is 1. The molecule has 0 aliphatic rings. The average Bonchev–Trinajstić information content (AvgIpc) is 1.83. The molecule has 0 atom stereocenters. The van der Waals surface area contributed by atoms with Crippen LogP contribution in [0.1, 0.15) is 0 Å². The Bertz CT molecular complexity index is 207. The van der Waals surface area contributed by atoms with Gasteiger partial charge in [-0.05, 0) is 12.1 Å². The molecule has 0 aliphatic heterocycles. The van der Waals surface area contributed by atoms with Gasteiger partial charge in [-0.25, -0.2) is 0 Å². The van der Waals surface area contributed by atoms with Crippen molar-refractivity contribution < 1.29 is 5.11 Å². The second-order valence-electron chi connectivity index (χ2n) is 1.57. The van der Waals surface area contributed by atoms with Gasteiger partial charge in [-0.15, -0.1) is 0 Å². The molecule has 1 N–H and O–H groups in total. The van der Waals surface area contributed by atoms with Crippen LogP contribution >= 0.6 is 23.2 Å². The Kier molecular flexibility index (Phi) is 4.24. The van der Waals surface area contributed by atoms with Gasteiger partial charge in [0.1, 0.15) is 0 Å². The Balaban J connectivity index is 0.000000810. The van der Waals surface area contributed by atoms with Crippen molar-refractivity contribution in [1.82, 2.24) is 0 Å². The first-order valence-electron chi connectivity index (χ1n) is 2.35. The molecule has 0 bridgehead atoms. The van der Waals surface area contributed by atoms with E-state index in [2.05, 4.69) is 0 Å². The van der Waals surface area contributed by atoms with E-state index in [1.807, 2.05) is 0 Å². The molecule has 0 amide bonds. The zero-order chi connectivity index (χ0) is 6.85. The average molecular weight is 170 g/mol. The van der Waals surface area contributed by atoms with E-state index in [0.29, 0.717) is 0 Å². The molecule has 0 fully saturated rings. The van der Waals surface area contributed by atoms with E-state index in [0.717, 1.165) is 0 Å². The van der Waals surface area contributed by atoms with E-state index in [1.165, 1.54) is 0 Å². The van der Waals surface area contributed by atoms with Crippen LogP contribution in [0.4, 0.5) is 0 Å². The van der Waals surface area contributed by atoms with E-state index in [1.54, 1.807) is 18.2 Å². The Labute approximate surface area is 81.1 Å². The summed E-state index contributed by atoms with van der Waals surface area (Å²) in [5, 5.41) is 9.50. The van der Waals surface area contributed by atoms with Crippen LogP contribution in [0.15, 0.2) is 18.2 Å². The van der Waals surface area contributed by atoms with Gasteiger partial charge in [0.05, 0.1) is 10.0 Å². The van der Waals surface area contributed by atoms with E-state index in [4.69, 9.17) is 28.3 Å². The Hall–Kier alpha value is 0.197. The van der Waals surface area contributed by atoms with Gasteiger partial charge in [0, 0.05) is 18.9 Å². The first kappa shape index (κ1) is 10.2. The minimum Gasteiger partial charge on any atom is -0.505 e. The third kappa shape index (κ3) is 2.11. The van der Waals surface area contributed by atoms with Gasteiger partial charge in [0.2, 0.25) is 0 Å². The van der Waals surface area contributed by atoms with Gasteiger partial charge in [-0.1, -0.05) is 29.3 Å². The molecule has 0 aromatic heterocycles. The third-order valence-electron chi connectivity index (χ3n) is 0.938. The Morgan fingerprint density at radius 3 is 1.80 bits per heavy atom. The number of benzene rings is 1. The van der Waals surface area contributed by atoms with Gasteiger partial charge in [-0.2, -0.15) is 0 Å². The summed E-state index contributed by atoms with van der Waals surface area (Å²) in [4.78, 5) is 0. The maximum absolute atomic E-state index is 8.94. The number of halogens is 2. The molecule has 1 radical (unpaired) electrons. The molecule has 1 rings (SSSR count). The molecule has 0 unspecified atom stereocenters. The monoisotopic (exact) mass is 169 g/mol. The standard InChI is InChI=1S/C6H4Cl2O.Li/c7-4-2-1-3-5(8)6(4)9;/h1-3,9H;. The zero-order valence-corrected chi connectivity index (χ0v) is 6.95. The van der Waals surface area contributed by atoms with Gasteiger partial charge in [0.15, 0.2) is 5.75 Å². The summed E-state index contributed by atoms with van der Waals surface area (Å²) in [5.74, 6) is -0.0548. The van der Waals surface area contributed by atoms with Crippen molar-refractivity contribution in [3.05, 3.63) is 28.2 Å².